The number of nitrogens with zero attached hydrogens (tertiary/aromatic N) is 2. The number of ether oxygens (including phenoxy) is 1. The Bertz CT molecular complexity index is 703. The first-order chi connectivity index (χ1) is 10.0. The molecule has 0 radical (unpaired) electrons. The van der Waals surface area contributed by atoms with E-state index in [9.17, 15) is 14.9 Å². The molecule has 0 bridgehead atoms. The van der Waals surface area contributed by atoms with E-state index in [1.807, 2.05) is 0 Å². The molecule has 0 aliphatic heterocycles. The quantitative estimate of drug-likeness (QED) is 0.374. The van der Waals surface area contributed by atoms with Crippen LogP contribution in [0.3, 0.4) is 0 Å². The number of rotatable bonds is 4. The number of benzene rings is 1. The first-order valence-electron chi connectivity index (χ1n) is 6.12. The molecule has 7 heteroatoms. The van der Waals surface area contributed by atoms with E-state index in [0.29, 0.717) is 16.8 Å². The Morgan fingerprint density at radius 2 is 2.05 bits per heavy atom. The number of halogens is 1. The van der Waals surface area contributed by atoms with Crippen LogP contribution in [0.4, 0.5) is 5.69 Å². The zero-order chi connectivity index (χ0) is 15.4. The van der Waals surface area contributed by atoms with Crippen LogP contribution in [0.25, 0.3) is 11.3 Å². The molecule has 0 amide bonds. The van der Waals surface area contributed by atoms with E-state index in [1.54, 1.807) is 31.2 Å². The highest BCUT2D eigenvalue weighted by Crippen LogP contribution is 2.28. The second kappa shape index (κ2) is 6.32. The van der Waals surface area contributed by atoms with Crippen LogP contribution in [0.5, 0.6) is 0 Å². The normalized spacial score (nSPS) is 10.2. The van der Waals surface area contributed by atoms with Crippen LogP contribution in [0.15, 0.2) is 36.4 Å². The van der Waals surface area contributed by atoms with E-state index < -0.39 is 10.9 Å². The molecule has 0 saturated heterocycles. The number of hydrogen-bond donors (Lipinski definition) is 0. The van der Waals surface area contributed by atoms with Crippen molar-refractivity contribution in [1.82, 2.24) is 4.98 Å². The molecular weight excluding hydrogens is 296 g/mol. The average Bonchev–Trinajstić information content (AvgIpc) is 2.47. The van der Waals surface area contributed by atoms with Crippen LogP contribution < -0.4 is 0 Å². The van der Waals surface area contributed by atoms with Crippen molar-refractivity contribution < 1.29 is 14.5 Å². The van der Waals surface area contributed by atoms with Crippen molar-refractivity contribution in [3.8, 4) is 11.3 Å². The van der Waals surface area contributed by atoms with Crippen LogP contribution in [0, 0.1) is 10.1 Å². The summed E-state index contributed by atoms with van der Waals surface area (Å²) in [5.41, 5.74) is 0.924. The van der Waals surface area contributed by atoms with Gasteiger partial charge in [-0.05, 0) is 19.1 Å². The molecule has 0 aliphatic carbocycles. The number of carbonyl (C=O) groups excluding carboxylic acids is 1. The van der Waals surface area contributed by atoms with Crippen molar-refractivity contribution in [3.05, 3.63) is 57.2 Å². The molecule has 108 valence electrons. The molecular formula is C14H11ClN2O4. The van der Waals surface area contributed by atoms with E-state index in [2.05, 4.69) is 4.98 Å². The van der Waals surface area contributed by atoms with Gasteiger partial charge in [-0.2, -0.15) is 0 Å². The summed E-state index contributed by atoms with van der Waals surface area (Å²) in [4.78, 5) is 26.0. The minimum atomic E-state index is -0.615. The Balaban J connectivity index is 2.50. The molecule has 0 unspecified atom stereocenters. The van der Waals surface area contributed by atoms with Crippen molar-refractivity contribution in [2.24, 2.45) is 0 Å². The van der Waals surface area contributed by atoms with Gasteiger partial charge in [0.1, 0.15) is 0 Å². The third-order valence-corrected chi connectivity index (χ3v) is 3.00. The molecule has 0 aliphatic rings. The molecule has 1 aromatic carbocycles. The van der Waals surface area contributed by atoms with Gasteiger partial charge in [-0.1, -0.05) is 29.8 Å². The van der Waals surface area contributed by atoms with Gasteiger partial charge < -0.3 is 4.74 Å². The fourth-order valence-electron chi connectivity index (χ4n) is 1.81. The van der Waals surface area contributed by atoms with Gasteiger partial charge in [0.05, 0.1) is 22.8 Å². The minimum Gasteiger partial charge on any atom is -0.462 e. The molecule has 2 aromatic rings. The van der Waals surface area contributed by atoms with Crippen LogP contribution in [-0.4, -0.2) is 22.5 Å². The monoisotopic (exact) mass is 306 g/mol. The lowest BCUT2D eigenvalue weighted by molar-refractivity contribution is -0.385. The van der Waals surface area contributed by atoms with Crippen molar-refractivity contribution in [2.45, 2.75) is 6.92 Å². The molecule has 0 atom stereocenters. The summed E-state index contributed by atoms with van der Waals surface area (Å²) >= 11 is 5.80. The molecule has 2 rings (SSSR count). The lowest BCUT2D eigenvalue weighted by atomic mass is 10.0. The number of hydrogen-bond acceptors (Lipinski definition) is 5. The molecule has 1 aromatic heterocycles. The summed E-state index contributed by atoms with van der Waals surface area (Å²) < 4.78 is 4.97. The second-order valence-electron chi connectivity index (χ2n) is 4.03. The fourth-order valence-corrected chi connectivity index (χ4v) is 2.03. The summed E-state index contributed by atoms with van der Waals surface area (Å²) in [6, 6.07) is 9.41. The maximum atomic E-state index is 11.9. The first kappa shape index (κ1) is 14.9. The summed E-state index contributed by atoms with van der Waals surface area (Å²) in [6.07, 6.45) is 0. The zero-order valence-electron chi connectivity index (χ0n) is 11.1. The Hall–Kier alpha value is -2.47. The number of carbonyl (C=O) groups is 1. The van der Waals surface area contributed by atoms with E-state index in [0.717, 1.165) is 0 Å². The third-order valence-electron chi connectivity index (χ3n) is 2.72. The van der Waals surface area contributed by atoms with E-state index >= 15 is 0 Å². The van der Waals surface area contributed by atoms with Crippen LogP contribution >= 0.6 is 11.6 Å². The van der Waals surface area contributed by atoms with Gasteiger partial charge in [-0.3, -0.25) is 10.1 Å². The zero-order valence-corrected chi connectivity index (χ0v) is 11.8. The van der Waals surface area contributed by atoms with Gasteiger partial charge in [-0.15, -0.1) is 0 Å². The van der Waals surface area contributed by atoms with Crippen molar-refractivity contribution in [3.63, 3.8) is 0 Å². The van der Waals surface area contributed by atoms with Crippen LogP contribution in [0.2, 0.25) is 5.15 Å². The van der Waals surface area contributed by atoms with Crippen molar-refractivity contribution in [1.29, 1.82) is 0 Å². The van der Waals surface area contributed by atoms with Gasteiger partial charge in [0.15, 0.2) is 0 Å². The summed E-state index contributed by atoms with van der Waals surface area (Å²) in [5.74, 6) is -0.482. The van der Waals surface area contributed by atoms with E-state index in [1.165, 1.54) is 12.1 Å². The molecule has 0 N–H and O–H groups in total. The van der Waals surface area contributed by atoms with Gasteiger partial charge >= 0.3 is 11.7 Å². The largest absolute Gasteiger partial charge is 0.462 e. The molecule has 1 heterocycles. The lowest BCUT2D eigenvalue weighted by Gasteiger charge is -2.08. The average molecular weight is 307 g/mol. The molecule has 0 spiro atoms. The predicted octanol–water partition coefficient (Wildman–Crippen LogP) is 3.49. The SMILES string of the molecule is CCOC(=O)c1ccccc1-c1ccc([N+](=O)[O-])c(Cl)n1. The first-order valence-corrected chi connectivity index (χ1v) is 6.49. The van der Waals surface area contributed by atoms with E-state index in [4.69, 9.17) is 16.3 Å². The number of nitro groups is 1. The number of pyridine rings is 1. The lowest BCUT2D eigenvalue weighted by Crippen LogP contribution is -2.06. The summed E-state index contributed by atoms with van der Waals surface area (Å²) in [5, 5.41) is 10.5. The Morgan fingerprint density at radius 3 is 2.67 bits per heavy atom. The highest BCUT2D eigenvalue weighted by atomic mass is 35.5. The Labute approximate surface area is 125 Å². The van der Waals surface area contributed by atoms with Crippen molar-refractivity contribution in [2.75, 3.05) is 6.61 Å². The van der Waals surface area contributed by atoms with Crippen LogP contribution in [0.1, 0.15) is 17.3 Å². The van der Waals surface area contributed by atoms with Gasteiger partial charge in [0.2, 0.25) is 5.15 Å². The Kier molecular flexibility index (Phi) is 4.49. The topological polar surface area (TPSA) is 82.3 Å². The fraction of sp³-hybridized carbons (Fsp3) is 0.143. The number of aromatic nitrogens is 1. The molecule has 0 fully saturated rings. The molecule has 21 heavy (non-hydrogen) atoms. The van der Waals surface area contributed by atoms with E-state index in [-0.39, 0.29) is 17.4 Å². The number of esters is 1. The summed E-state index contributed by atoms with van der Waals surface area (Å²) in [7, 11) is 0. The maximum absolute atomic E-state index is 11.9. The second-order valence-corrected chi connectivity index (χ2v) is 4.39. The molecule has 0 saturated carbocycles. The highest BCUT2D eigenvalue weighted by Gasteiger charge is 2.18. The smallest absolute Gasteiger partial charge is 0.338 e. The standard InChI is InChI=1S/C14H11ClN2O4/c1-2-21-14(18)10-6-4-3-5-9(10)11-7-8-12(17(19)20)13(15)16-11/h3-8H,2H2,1H3. The van der Waals surface area contributed by atoms with Gasteiger partial charge in [0, 0.05) is 11.6 Å². The Morgan fingerprint density at radius 1 is 1.33 bits per heavy atom. The van der Waals surface area contributed by atoms with Crippen LogP contribution in [-0.2, 0) is 4.74 Å². The van der Waals surface area contributed by atoms with Gasteiger partial charge in [-0.25, -0.2) is 9.78 Å². The third kappa shape index (κ3) is 3.17. The van der Waals surface area contributed by atoms with Gasteiger partial charge in [0.25, 0.3) is 0 Å². The summed E-state index contributed by atoms with van der Waals surface area (Å²) in [6.45, 7) is 1.96. The predicted molar refractivity (Wildman–Crippen MR) is 77.3 cm³/mol. The highest BCUT2D eigenvalue weighted by molar-refractivity contribution is 6.31. The minimum absolute atomic E-state index is 0.226. The van der Waals surface area contributed by atoms with Crippen molar-refractivity contribution >= 4 is 23.3 Å². The maximum Gasteiger partial charge on any atom is 0.338 e. The molecule has 6 nitrogen and oxygen atoms in total.